The van der Waals surface area contributed by atoms with Crippen LogP contribution in [-0.4, -0.2) is 167 Å². The zero-order valence-corrected chi connectivity index (χ0v) is 66.5. The summed E-state index contributed by atoms with van der Waals surface area (Å²) in [7, 11) is 0. The van der Waals surface area contributed by atoms with E-state index in [0.717, 1.165) is 50.1 Å². The standard InChI is InChI=1S/C94H97N5O21/c1-4-48-106-88(101)78(97-93(103)112-56-73-71-46-28-26-44-69(71)70-45-27-29-47-72(70)73)60(2)113-90-80(98-99-95)84(82-77(114-90)59-111-89(116-82)68-42-24-11-25-43-68)117-91-87(110-55-67-40-22-10-23-41-67)86-83(76(115-91)58-105-51-63-32-14-6-15-33-63)118-92(102)94(120-86)49-74(107-52-64-34-16-7-17-35-64)79(96-61(3)100)85(119-94)81(109-54-66-38-20-9-21-39-66)75(108-53-65-36-18-8-19-37-65)57-104-50-62-30-12-5-13-31-62/h4-47,60,73-87,89-91H,1,48-59H2,2-3H3,(H,96,100)(H,97,103)/t60-,74+,75-,76-,77-,78+,79-,80-,81-,82+,83+,84-,85-,86+,87-,89+,90+,91+,94?/m1/s1. The maximum Gasteiger partial charge on any atom is 0.407 e. The molecule has 19 atom stereocenters. The molecule has 2 amide bonds. The molecule has 0 radical (unpaired) electrons. The van der Waals surface area contributed by atoms with E-state index < -0.39 is 146 Å². The molecule has 624 valence electrons. The summed E-state index contributed by atoms with van der Waals surface area (Å²) in [5.74, 6) is -5.17. The molecular formula is C94H97N5O21. The first-order valence-electron chi connectivity index (χ1n) is 40.4. The normalized spacial score (nSPS) is 25.8. The SMILES string of the molecule is C=CCOC(=O)[C@@H](NC(=O)OCC1c2ccccc2-c2ccccc21)[C@@H](C)O[C@H]1O[C@@H]2CO[C@H](c3ccccc3)O[C@@H]2[C@H](O[C@@H]2O[C@H](COCc3ccccc3)[C@@H]3OC(=O)C4(C[C@H](OCc5ccccc5)[C@@H](NC(C)=O)[C@H]([C@H](OCc5ccccc5)[C@@H](COCc5ccccc5)OCc5ccccc5)O4)O[C@@H]3[C@H]2OCc2ccccc2)[C@H]1N=[N+]=[N-]. The van der Waals surface area contributed by atoms with Gasteiger partial charge in [0.05, 0.1) is 77.7 Å². The number of carbonyl (C=O) groups excluding carboxylic acids is 4. The van der Waals surface area contributed by atoms with Crippen LogP contribution in [0.25, 0.3) is 21.6 Å². The first-order valence-corrected chi connectivity index (χ1v) is 40.4. The minimum Gasteiger partial charge on any atom is -0.460 e. The van der Waals surface area contributed by atoms with Gasteiger partial charge in [0.2, 0.25) is 5.91 Å². The van der Waals surface area contributed by atoms with Crippen LogP contribution >= 0.6 is 0 Å². The molecule has 0 bridgehead atoms. The summed E-state index contributed by atoms with van der Waals surface area (Å²) in [6.45, 7) is 5.94. The predicted molar refractivity (Wildman–Crippen MR) is 436 cm³/mol. The molecule has 1 aliphatic carbocycles. The number of fused-ring (bicyclic) bond motifs is 5. The molecule has 26 nitrogen and oxygen atoms in total. The van der Waals surface area contributed by atoms with E-state index in [1.54, 1.807) is 0 Å². The third kappa shape index (κ3) is 20.8. The number of alkyl carbamates (subject to hydrolysis) is 1. The summed E-state index contributed by atoms with van der Waals surface area (Å²) < 4.78 is 117. The Bertz CT molecular complexity index is 4810. The zero-order valence-electron chi connectivity index (χ0n) is 66.5. The van der Waals surface area contributed by atoms with Crippen molar-refractivity contribution in [2.45, 2.75) is 182 Å². The monoisotopic (exact) mass is 1630 g/mol. The molecule has 1 unspecified atom stereocenters. The lowest BCUT2D eigenvalue weighted by molar-refractivity contribution is -0.414. The fourth-order valence-electron chi connectivity index (χ4n) is 16.1. The van der Waals surface area contributed by atoms with Crippen molar-refractivity contribution in [1.29, 1.82) is 0 Å². The highest BCUT2D eigenvalue weighted by molar-refractivity contribution is 5.83. The molecule has 26 heteroatoms. The Morgan fingerprint density at radius 2 is 1.13 bits per heavy atom. The average Bonchev–Trinajstić information content (AvgIpc) is 1.21. The average molecular weight is 1630 g/mol. The van der Waals surface area contributed by atoms with Gasteiger partial charge in [0.25, 0.3) is 5.79 Å². The van der Waals surface area contributed by atoms with Crippen molar-refractivity contribution < 1.29 is 99.7 Å². The minimum atomic E-state index is -2.48. The van der Waals surface area contributed by atoms with Gasteiger partial charge < -0.3 is 91.2 Å². The lowest BCUT2D eigenvalue weighted by Gasteiger charge is -2.56. The molecule has 5 aliphatic heterocycles. The lowest BCUT2D eigenvalue weighted by Crippen LogP contribution is -2.75. The number of hydrogen-bond donors (Lipinski definition) is 2. The highest BCUT2D eigenvalue weighted by Crippen LogP contribution is 2.48. The Hall–Kier alpha value is -10.9. The number of azide groups is 1. The Labute approximate surface area is 696 Å². The number of nitrogens with one attached hydrogen (secondary N) is 2. The number of rotatable bonds is 36. The van der Waals surface area contributed by atoms with Gasteiger partial charge in [-0.15, -0.1) is 0 Å². The van der Waals surface area contributed by atoms with Crippen LogP contribution in [0.1, 0.15) is 82.5 Å². The van der Waals surface area contributed by atoms with Gasteiger partial charge >= 0.3 is 18.0 Å². The van der Waals surface area contributed by atoms with Gasteiger partial charge in [-0.05, 0) is 68.1 Å². The first-order chi connectivity index (χ1) is 58.8. The third-order valence-electron chi connectivity index (χ3n) is 21.9. The fraction of sp³-hybridized carbons (Fsp3) is 0.362. The number of benzene rings is 9. The largest absolute Gasteiger partial charge is 0.460 e. The molecule has 5 saturated heterocycles. The number of amides is 2. The van der Waals surface area contributed by atoms with E-state index >= 15 is 4.79 Å². The molecular weight excluding hydrogens is 1540 g/mol. The minimum absolute atomic E-state index is 0.0149. The van der Waals surface area contributed by atoms with Crippen LogP contribution in [0.15, 0.2) is 279 Å². The molecule has 0 aromatic heterocycles. The predicted octanol–water partition coefficient (Wildman–Crippen LogP) is 13.7. The van der Waals surface area contributed by atoms with Crippen molar-refractivity contribution >= 4 is 23.9 Å². The van der Waals surface area contributed by atoms with Crippen LogP contribution in [-0.2, 0) is 135 Å². The molecule has 9 aromatic rings. The lowest BCUT2D eigenvalue weighted by atomic mass is 9.86. The van der Waals surface area contributed by atoms with Crippen molar-refractivity contribution in [3.63, 3.8) is 0 Å². The van der Waals surface area contributed by atoms with Crippen LogP contribution in [0.3, 0.4) is 0 Å². The first kappa shape index (κ1) is 84.2. The maximum absolute atomic E-state index is 16.3. The topological polar surface area (TPSA) is 298 Å². The molecule has 2 N–H and O–H groups in total. The van der Waals surface area contributed by atoms with E-state index in [2.05, 4.69) is 27.2 Å². The van der Waals surface area contributed by atoms with Crippen molar-refractivity contribution in [3.05, 3.63) is 334 Å². The van der Waals surface area contributed by atoms with Gasteiger partial charge in [0.15, 0.2) is 31.0 Å². The second kappa shape index (κ2) is 40.9. The summed E-state index contributed by atoms with van der Waals surface area (Å²) in [5.41, 5.74) is 20.3. The summed E-state index contributed by atoms with van der Waals surface area (Å²) in [6.07, 6.45) is -19.9. The number of carbonyl (C=O) groups is 4. The highest BCUT2D eigenvalue weighted by atomic mass is 16.8. The van der Waals surface area contributed by atoms with Crippen LogP contribution in [0.2, 0.25) is 0 Å². The third-order valence-corrected chi connectivity index (χ3v) is 21.9. The van der Waals surface area contributed by atoms with E-state index in [1.165, 1.54) is 19.9 Å². The summed E-state index contributed by atoms with van der Waals surface area (Å²) >= 11 is 0. The molecule has 5 heterocycles. The van der Waals surface area contributed by atoms with Gasteiger partial charge in [0, 0.05) is 29.7 Å². The van der Waals surface area contributed by atoms with E-state index in [-0.39, 0.29) is 78.6 Å². The van der Waals surface area contributed by atoms with Gasteiger partial charge in [0.1, 0.15) is 74.2 Å². The summed E-state index contributed by atoms with van der Waals surface area (Å²) in [5, 5.41) is 10.3. The van der Waals surface area contributed by atoms with Gasteiger partial charge in [-0.3, -0.25) is 4.79 Å². The van der Waals surface area contributed by atoms with Gasteiger partial charge in [-0.2, -0.15) is 0 Å². The van der Waals surface area contributed by atoms with Crippen LogP contribution in [0.5, 0.6) is 0 Å². The molecule has 0 saturated carbocycles. The number of esters is 2. The maximum atomic E-state index is 16.3. The van der Waals surface area contributed by atoms with Crippen molar-refractivity contribution in [2.75, 3.05) is 33.0 Å². The Kier molecular flexibility index (Phi) is 28.7. The molecule has 6 aliphatic rings. The quantitative estimate of drug-likeness (QED) is 0.00920. The van der Waals surface area contributed by atoms with Gasteiger partial charge in [-0.25, -0.2) is 14.4 Å². The second-order valence-corrected chi connectivity index (χ2v) is 30.2. The Balaban J connectivity index is 0.813. The van der Waals surface area contributed by atoms with Crippen molar-refractivity contribution in [1.82, 2.24) is 10.6 Å². The highest BCUT2D eigenvalue weighted by Gasteiger charge is 2.66. The van der Waals surface area contributed by atoms with Crippen LogP contribution in [0, 0.1) is 0 Å². The Morgan fingerprint density at radius 1 is 0.592 bits per heavy atom. The molecule has 1 spiro atoms. The number of hydrogen-bond acceptors (Lipinski definition) is 22. The van der Waals surface area contributed by atoms with E-state index in [9.17, 15) is 19.9 Å². The van der Waals surface area contributed by atoms with E-state index in [1.807, 2.05) is 261 Å². The molecule has 120 heavy (non-hydrogen) atoms. The molecule has 5 fully saturated rings. The molecule has 9 aromatic carbocycles. The number of nitrogens with zero attached hydrogens (tertiary/aromatic N) is 3. The van der Waals surface area contributed by atoms with Crippen molar-refractivity contribution in [3.8, 4) is 11.1 Å². The van der Waals surface area contributed by atoms with Crippen LogP contribution < -0.4 is 10.6 Å². The fourth-order valence-corrected chi connectivity index (χ4v) is 16.1. The summed E-state index contributed by atoms with van der Waals surface area (Å²) in [4.78, 5) is 62.6. The van der Waals surface area contributed by atoms with E-state index in [0.29, 0.717) is 11.1 Å². The van der Waals surface area contributed by atoms with Crippen molar-refractivity contribution in [2.24, 2.45) is 5.11 Å². The smallest absolute Gasteiger partial charge is 0.407 e. The summed E-state index contributed by atoms with van der Waals surface area (Å²) in [6, 6.07) is 77.7. The van der Waals surface area contributed by atoms with Gasteiger partial charge in [-0.1, -0.05) is 279 Å². The molecule has 15 rings (SSSR count). The second-order valence-electron chi connectivity index (χ2n) is 30.2. The van der Waals surface area contributed by atoms with E-state index in [4.69, 9.17) is 80.5 Å². The zero-order chi connectivity index (χ0) is 82.6. The Morgan fingerprint density at radius 3 is 1.72 bits per heavy atom. The number of ether oxygens (including phenoxy) is 17. The van der Waals surface area contributed by atoms with Crippen LogP contribution in [0.4, 0.5) is 4.79 Å².